The standard InChI is InChI=1S/C10H14N2O4S/c1-10(8(14)15)3-2-4-12(10)7(13)6-5-17-9(16)11-6/h6H,2-5H2,1H3,(H,11,16)(H,14,15). The number of carboxylic acids is 1. The van der Waals surface area contributed by atoms with Crippen LogP contribution in [0, 0.1) is 0 Å². The summed E-state index contributed by atoms with van der Waals surface area (Å²) in [6, 6.07) is -0.579. The summed E-state index contributed by atoms with van der Waals surface area (Å²) in [5, 5.41) is 11.5. The Bertz CT molecular complexity index is 387. The molecule has 0 bridgehead atoms. The molecule has 2 saturated heterocycles. The van der Waals surface area contributed by atoms with Gasteiger partial charge in [0, 0.05) is 12.3 Å². The average Bonchev–Trinajstić information content (AvgIpc) is 2.85. The normalized spacial score (nSPS) is 32.6. The Morgan fingerprint density at radius 2 is 2.29 bits per heavy atom. The van der Waals surface area contributed by atoms with Crippen LogP contribution in [0.25, 0.3) is 0 Å². The van der Waals surface area contributed by atoms with Gasteiger partial charge in [0.05, 0.1) is 0 Å². The highest BCUT2D eigenvalue weighted by atomic mass is 32.2. The summed E-state index contributed by atoms with van der Waals surface area (Å²) >= 11 is 1.06. The molecule has 2 fully saturated rings. The number of carbonyl (C=O) groups excluding carboxylic acids is 2. The van der Waals surface area contributed by atoms with Gasteiger partial charge >= 0.3 is 5.97 Å². The second-order valence-corrected chi connectivity index (χ2v) is 5.46. The van der Waals surface area contributed by atoms with Crippen molar-refractivity contribution in [1.82, 2.24) is 10.2 Å². The van der Waals surface area contributed by atoms with E-state index in [1.54, 1.807) is 6.92 Å². The summed E-state index contributed by atoms with van der Waals surface area (Å²) in [6.07, 6.45) is 1.14. The highest BCUT2D eigenvalue weighted by molar-refractivity contribution is 8.14. The maximum absolute atomic E-state index is 12.1. The number of hydrogen-bond donors (Lipinski definition) is 2. The number of aliphatic carboxylic acids is 1. The number of amides is 2. The molecular formula is C10H14N2O4S. The Hall–Kier alpha value is -1.24. The number of likely N-dealkylation sites (tertiary alicyclic amines) is 1. The topological polar surface area (TPSA) is 86.7 Å². The van der Waals surface area contributed by atoms with Crippen LogP contribution in [0.4, 0.5) is 4.79 Å². The number of thioether (sulfide) groups is 1. The van der Waals surface area contributed by atoms with E-state index in [0.29, 0.717) is 25.1 Å². The largest absolute Gasteiger partial charge is 0.480 e. The Labute approximate surface area is 103 Å². The summed E-state index contributed by atoms with van der Waals surface area (Å²) in [7, 11) is 0. The highest BCUT2D eigenvalue weighted by Gasteiger charge is 2.48. The molecule has 94 valence electrons. The van der Waals surface area contributed by atoms with Crippen LogP contribution in [-0.4, -0.2) is 51.0 Å². The Balaban J connectivity index is 2.14. The number of rotatable bonds is 2. The van der Waals surface area contributed by atoms with Crippen molar-refractivity contribution in [1.29, 1.82) is 0 Å². The maximum atomic E-state index is 12.1. The summed E-state index contributed by atoms with van der Waals surface area (Å²) < 4.78 is 0. The molecule has 0 spiro atoms. The SMILES string of the molecule is CC1(C(=O)O)CCCN1C(=O)C1CSC(=O)N1. The van der Waals surface area contributed by atoms with Gasteiger partial charge in [-0.3, -0.25) is 9.59 Å². The molecule has 0 radical (unpaired) electrons. The monoisotopic (exact) mass is 258 g/mol. The second-order valence-electron chi connectivity index (χ2n) is 4.47. The van der Waals surface area contributed by atoms with Gasteiger partial charge in [0.15, 0.2) is 0 Å². The van der Waals surface area contributed by atoms with Gasteiger partial charge in [0.2, 0.25) is 5.91 Å². The third-order valence-electron chi connectivity index (χ3n) is 3.34. The van der Waals surface area contributed by atoms with E-state index >= 15 is 0 Å². The fourth-order valence-electron chi connectivity index (χ4n) is 2.24. The Morgan fingerprint density at radius 3 is 2.82 bits per heavy atom. The van der Waals surface area contributed by atoms with Crippen LogP contribution in [0.5, 0.6) is 0 Å². The smallest absolute Gasteiger partial charge is 0.329 e. The van der Waals surface area contributed by atoms with Gasteiger partial charge < -0.3 is 15.3 Å². The molecule has 2 aliphatic rings. The second kappa shape index (κ2) is 4.21. The Kier molecular flexibility index (Phi) is 3.03. The first-order valence-electron chi connectivity index (χ1n) is 5.43. The van der Waals surface area contributed by atoms with Crippen molar-refractivity contribution in [2.45, 2.75) is 31.3 Å². The molecule has 0 aromatic carbocycles. The van der Waals surface area contributed by atoms with Crippen molar-refractivity contribution in [2.24, 2.45) is 0 Å². The van der Waals surface area contributed by atoms with Crippen LogP contribution in [0.15, 0.2) is 0 Å². The summed E-state index contributed by atoms with van der Waals surface area (Å²) in [6.45, 7) is 2.00. The maximum Gasteiger partial charge on any atom is 0.329 e. The predicted molar refractivity (Wildman–Crippen MR) is 61.8 cm³/mol. The quantitative estimate of drug-likeness (QED) is 0.742. The van der Waals surface area contributed by atoms with Crippen molar-refractivity contribution >= 4 is 28.9 Å². The lowest BCUT2D eigenvalue weighted by atomic mass is 9.99. The average molecular weight is 258 g/mol. The van der Waals surface area contributed by atoms with E-state index in [9.17, 15) is 19.5 Å². The van der Waals surface area contributed by atoms with Gasteiger partial charge in [-0.05, 0) is 19.8 Å². The molecular weight excluding hydrogens is 244 g/mol. The van der Waals surface area contributed by atoms with Crippen LogP contribution < -0.4 is 5.32 Å². The predicted octanol–water partition coefficient (Wildman–Crippen LogP) is 0.277. The van der Waals surface area contributed by atoms with Gasteiger partial charge in [0.25, 0.3) is 5.24 Å². The first-order valence-corrected chi connectivity index (χ1v) is 6.42. The molecule has 0 aromatic heterocycles. The first-order chi connectivity index (χ1) is 7.95. The molecule has 2 amide bonds. The highest BCUT2D eigenvalue weighted by Crippen LogP contribution is 2.30. The van der Waals surface area contributed by atoms with E-state index < -0.39 is 17.6 Å². The molecule has 0 saturated carbocycles. The number of nitrogens with one attached hydrogen (secondary N) is 1. The molecule has 2 aliphatic heterocycles. The van der Waals surface area contributed by atoms with E-state index in [1.807, 2.05) is 0 Å². The fourth-order valence-corrected chi connectivity index (χ4v) is 3.01. The minimum absolute atomic E-state index is 0.223. The molecule has 2 rings (SSSR count). The van der Waals surface area contributed by atoms with E-state index in [-0.39, 0.29) is 11.1 Å². The zero-order valence-electron chi connectivity index (χ0n) is 9.43. The lowest BCUT2D eigenvalue weighted by Crippen LogP contribution is -2.56. The van der Waals surface area contributed by atoms with E-state index in [4.69, 9.17) is 0 Å². The molecule has 2 unspecified atom stereocenters. The Morgan fingerprint density at radius 1 is 1.59 bits per heavy atom. The van der Waals surface area contributed by atoms with Crippen LogP contribution in [0.2, 0.25) is 0 Å². The van der Waals surface area contributed by atoms with Crippen LogP contribution in [0.1, 0.15) is 19.8 Å². The van der Waals surface area contributed by atoms with Gasteiger partial charge in [-0.1, -0.05) is 11.8 Å². The van der Waals surface area contributed by atoms with Crippen LogP contribution in [0.3, 0.4) is 0 Å². The van der Waals surface area contributed by atoms with E-state index in [2.05, 4.69) is 5.32 Å². The van der Waals surface area contributed by atoms with Gasteiger partial charge in [0.1, 0.15) is 11.6 Å². The zero-order chi connectivity index (χ0) is 12.6. The minimum atomic E-state index is -1.13. The minimum Gasteiger partial charge on any atom is -0.480 e. The summed E-state index contributed by atoms with van der Waals surface area (Å²) in [5.74, 6) is -0.893. The van der Waals surface area contributed by atoms with Gasteiger partial charge in [-0.25, -0.2) is 4.79 Å². The third-order valence-corrected chi connectivity index (χ3v) is 4.22. The van der Waals surface area contributed by atoms with Gasteiger partial charge in [-0.2, -0.15) is 0 Å². The molecule has 0 aromatic rings. The number of carbonyl (C=O) groups is 3. The number of hydrogen-bond acceptors (Lipinski definition) is 4. The van der Waals surface area contributed by atoms with E-state index in [1.165, 1.54) is 4.90 Å². The lowest BCUT2D eigenvalue weighted by molar-refractivity contribution is -0.155. The fraction of sp³-hybridized carbons (Fsp3) is 0.700. The molecule has 2 atom stereocenters. The zero-order valence-corrected chi connectivity index (χ0v) is 10.2. The van der Waals surface area contributed by atoms with E-state index in [0.717, 1.165) is 11.8 Å². The van der Waals surface area contributed by atoms with Crippen LogP contribution in [-0.2, 0) is 9.59 Å². The summed E-state index contributed by atoms with van der Waals surface area (Å²) in [5.41, 5.74) is -1.13. The van der Waals surface area contributed by atoms with Crippen molar-refractivity contribution < 1.29 is 19.5 Å². The molecule has 17 heavy (non-hydrogen) atoms. The number of carboxylic acid groups (broad SMARTS) is 1. The molecule has 0 aliphatic carbocycles. The van der Waals surface area contributed by atoms with Crippen molar-refractivity contribution in [2.75, 3.05) is 12.3 Å². The van der Waals surface area contributed by atoms with Crippen molar-refractivity contribution in [3.05, 3.63) is 0 Å². The first kappa shape index (κ1) is 12.2. The van der Waals surface area contributed by atoms with Gasteiger partial charge in [-0.15, -0.1) is 0 Å². The number of nitrogens with zero attached hydrogens (tertiary/aromatic N) is 1. The molecule has 6 nitrogen and oxygen atoms in total. The van der Waals surface area contributed by atoms with Crippen molar-refractivity contribution in [3.8, 4) is 0 Å². The van der Waals surface area contributed by atoms with Crippen LogP contribution >= 0.6 is 11.8 Å². The molecule has 7 heteroatoms. The summed E-state index contributed by atoms with van der Waals surface area (Å²) in [4.78, 5) is 35.8. The third kappa shape index (κ3) is 1.99. The lowest BCUT2D eigenvalue weighted by Gasteiger charge is -2.32. The molecule has 2 heterocycles. The molecule has 2 N–H and O–H groups in total. The van der Waals surface area contributed by atoms with Crippen molar-refractivity contribution in [3.63, 3.8) is 0 Å².